The van der Waals surface area contributed by atoms with Crippen LogP contribution in [0.2, 0.25) is 0 Å². The molecule has 0 saturated heterocycles. The number of carbonyl (C=O) groups is 3. The van der Waals surface area contributed by atoms with Gasteiger partial charge in [0.25, 0.3) is 5.69 Å². The quantitative estimate of drug-likeness (QED) is 0.358. The zero-order valence-corrected chi connectivity index (χ0v) is 11.1. The molecule has 0 aromatic heterocycles. The van der Waals surface area contributed by atoms with E-state index in [4.69, 9.17) is 4.74 Å². The highest BCUT2D eigenvalue weighted by molar-refractivity contribution is 6.21. The molecule has 0 bridgehead atoms. The van der Waals surface area contributed by atoms with Crippen molar-refractivity contribution in [1.29, 1.82) is 0 Å². The van der Waals surface area contributed by atoms with Crippen LogP contribution in [-0.4, -0.2) is 22.5 Å². The van der Waals surface area contributed by atoms with Crippen LogP contribution in [0.5, 0.6) is 0 Å². The topological polar surface area (TPSA) is 104 Å². The summed E-state index contributed by atoms with van der Waals surface area (Å²) < 4.78 is 4.83. The lowest BCUT2D eigenvalue weighted by molar-refractivity contribution is -0.385. The van der Waals surface area contributed by atoms with E-state index in [0.29, 0.717) is 0 Å². The van der Waals surface area contributed by atoms with E-state index in [0.717, 1.165) is 6.08 Å². The number of benzene rings is 1. The van der Waals surface area contributed by atoms with Gasteiger partial charge in [0.2, 0.25) is 5.78 Å². The third kappa shape index (κ3) is 3.02. The lowest BCUT2D eigenvalue weighted by Gasteiger charge is -2.05. The summed E-state index contributed by atoms with van der Waals surface area (Å²) in [6, 6.07) is 5.74. The summed E-state index contributed by atoms with van der Waals surface area (Å²) in [7, 11) is 0. The van der Waals surface area contributed by atoms with Crippen molar-refractivity contribution in [3.05, 3.63) is 51.8 Å². The Bertz CT molecular complexity index is 676. The molecule has 2 rings (SSSR count). The van der Waals surface area contributed by atoms with Crippen molar-refractivity contribution < 1.29 is 24.0 Å². The molecule has 1 atom stereocenters. The van der Waals surface area contributed by atoms with E-state index >= 15 is 0 Å². The molecule has 1 aromatic rings. The standard InChI is InChI=1S/C14H11NO6/c1-8-11(16)7-12(14(8)18)21-13(17)6-9-4-2-3-5-10(9)15(19)20/h2-5,7-8H,6H2,1H3/t8-/m0/s1. The van der Waals surface area contributed by atoms with Crippen LogP contribution < -0.4 is 0 Å². The fraction of sp³-hybridized carbons (Fsp3) is 0.214. The van der Waals surface area contributed by atoms with Gasteiger partial charge in [-0.25, -0.2) is 0 Å². The van der Waals surface area contributed by atoms with Gasteiger partial charge in [-0.1, -0.05) is 18.2 Å². The van der Waals surface area contributed by atoms with Gasteiger partial charge in [0.1, 0.15) is 0 Å². The SMILES string of the molecule is C[C@H]1C(=O)C=C(OC(=O)Cc2ccccc2[N+](=O)[O-])C1=O. The van der Waals surface area contributed by atoms with Crippen LogP contribution in [-0.2, 0) is 25.5 Å². The fourth-order valence-corrected chi connectivity index (χ4v) is 1.90. The van der Waals surface area contributed by atoms with Gasteiger partial charge in [0.05, 0.1) is 17.3 Å². The molecular formula is C14H11NO6. The van der Waals surface area contributed by atoms with Crippen molar-refractivity contribution in [2.45, 2.75) is 13.3 Å². The molecule has 0 radical (unpaired) electrons. The van der Waals surface area contributed by atoms with Gasteiger partial charge in [-0.15, -0.1) is 0 Å². The number of nitrogens with zero attached hydrogens (tertiary/aromatic N) is 1. The second-order valence-electron chi connectivity index (χ2n) is 4.53. The molecule has 21 heavy (non-hydrogen) atoms. The van der Waals surface area contributed by atoms with E-state index in [1.54, 1.807) is 6.07 Å². The number of Topliss-reactive ketones (excluding diaryl/α,β-unsaturated/α-hetero) is 1. The van der Waals surface area contributed by atoms with Gasteiger partial charge in [-0.05, 0) is 6.92 Å². The van der Waals surface area contributed by atoms with Crippen LogP contribution >= 0.6 is 0 Å². The predicted octanol–water partition coefficient (Wildman–Crippen LogP) is 1.35. The largest absolute Gasteiger partial charge is 0.422 e. The van der Waals surface area contributed by atoms with Crippen LogP contribution in [0.4, 0.5) is 5.69 Å². The van der Waals surface area contributed by atoms with Crippen LogP contribution in [0, 0.1) is 16.0 Å². The number of ketones is 2. The predicted molar refractivity (Wildman–Crippen MR) is 70.2 cm³/mol. The van der Waals surface area contributed by atoms with Gasteiger partial charge in [-0.2, -0.15) is 0 Å². The number of esters is 1. The van der Waals surface area contributed by atoms with Crippen LogP contribution in [0.3, 0.4) is 0 Å². The zero-order chi connectivity index (χ0) is 15.6. The first kappa shape index (κ1) is 14.6. The van der Waals surface area contributed by atoms with Gasteiger partial charge >= 0.3 is 5.97 Å². The third-order valence-electron chi connectivity index (χ3n) is 3.08. The lowest BCUT2D eigenvalue weighted by atomic mass is 10.1. The number of para-hydroxylation sites is 1. The van der Waals surface area contributed by atoms with Gasteiger partial charge in [0, 0.05) is 17.7 Å². The molecule has 0 N–H and O–H groups in total. The summed E-state index contributed by atoms with van der Waals surface area (Å²) >= 11 is 0. The van der Waals surface area contributed by atoms with E-state index < -0.39 is 28.4 Å². The van der Waals surface area contributed by atoms with Gasteiger partial charge in [0.15, 0.2) is 11.5 Å². The average Bonchev–Trinajstić information content (AvgIpc) is 2.66. The molecule has 0 fully saturated rings. The summed E-state index contributed by atoms with van der Waals surface area (Å²) in [5, 5.41) is 10.8. The summed E-state index contributed by atoms with van der Waals surface area (Å²) in [6.45, 7) is 1.42. The van der Waals surface area contributed by atoms with Crippen molar-refractivity contribution in [3.8, 4) is 0 Å². The molecule has 7 nitrogen and oxygen atoms in total. The first-order valence-corrected chi connectivity index (χ1v) is 6.13. The highest BCUT2D eigenvalue weighted by Gasteiger charge is 2.33. The maximum absolute atomic E-state index is 11.8. The minimum atomic E-state index is -0.848. The Kier molecular flexibility index (Phi) is 3.93. The summed E-state index contributed by atoms with van der Waals surface area (Å²) in [6.07, 6.45) is 0.620. The second kappa shape index (κ2) is 5.66. The number of ether oxygens (including phenoxy) is 1. The summed E-state index contributed by atoms with van der Waals surface area (Å²) in [5.74, 6) is -2.97. The number of nitro benzene ring substituents is 1. The monoisotopic (exact) mass is 289 g/mol. The first-order valence-electron chi connectivity index (χ1n) is 6.13. The van der Waals surface area contributed by atoms with E-state index in [9.17, 15) is 24.5 Å². The molecule has 1 aliphatic rings. The van der Waals surface area contributed by atoms with Crippen molar-refractivity contribution in [2.75, 3.05) is 0 Å². The highest BCUT2D eigenvalue weighted by Crippen LogP contribution is 2.21. The molecule has 1 aliphatic carbocycles. The van der Waals surface area contributed by atoms with Crippen LogP contribution in [0.1, 0.15) is 12.5 Å². The Morgan fingerprint density at radius 3 is 2.57 bits per heavy atom. The minimum Gasteiger partial charge on any atom is -0.422 e. The Balaban J connectivity index is 2.10. The molecule has 0 saturated carbocycles. The number of allylic oxidation sites excluding steroid dienone is 2. The average molecular weight is 289 g/mol. The maximum Gasteiger partial charge on any atom is 0.316 e. The van der Waals surface area contributed by atoms with E-state index in [1.807, 2.05) is 0 Å². The molecular weight excluding hydrogens is 278 g/mol. The van der Waals surface area contributed by atoms with Crippen molar-refractivity contribution in [1.82, 2.24) is 0 Å². The van der Waals surface area contributed by atoms with Crippen molar-refractivity contribution >= 4 is 23.2 Å². The summed E-state index contributed by atoms with van der Waals surface area (Å²) in [5.41, 5.74) is -0.0245. The molecule has 0 amide bonds. The molecule has 7 heteroatoms. The summed E-state index contributed by atoms with van der Waals surface area (Å²) in [4.78, 5) is 44.9. The zero-order valence-electron chi connectivity index (χ0n) is 11.1. The van der Waals surface area contributed by atoms with Crippen molar-refractivity contribution in [2.24, 2.45) is 5.92 Å². The van der Waals surface area contributed by atoms with E-state index in [2.05, 4.69) is 0 Å². The molecule has 108 valence electrons. The number of rotatable bonds is 4. The minimum absolute atomic E-state index is 0.179. The number of carbonyl (C=O) groups excluding carboxylic acids is 3. The van der Waals surface area contributed by atoms with Gasteiger partial charge < -0.3 is 4.74 Å². The molecule has 0 heterocycles. The fourth-order valence-electron chi connectivity index (χ4n) is 1.90. The second-order valence-corrected chi connectivity index (χ2v) is 4.53. The number of hydrogen-bond donors (Lipinski definition) is 0. The maximum atomic E-state index is 11.8. The Labute approximate surface area is 119 Å². The van der Waals surface area contributed by atoms with Crippen LogP contribution in [0.15, 0.2) is 36.1 Å². The molecule has 0 spiro atoms. The van der Waals surface area contributed by atoms with E-state index in [-0.39, 0.29) is 23.4 Å². The van der Waals surface area contributed by atoms with Crippen molar-refractivity contribution in [3.63, 3.8) is 0 Å². The molecule has 0 unspecified atom stereocenters. The van der Waals surface area contributed by atoms with Gasteiger partial charge in [-0.3, -0.25) is 24.5 Å². The highest BCUT2D eigenvalue weighted by atomic mass is 16.6. The number of nitro groups is 1. The lowest BCUT2D eigenvalue weighted by Crippen LogP contribution is -2.16. The first-order chi connectivity index (χ1) is 9.90. The Hall–Kier alpha value is -2.83. The Morgan fingerprint density at radius 1 is 1.33 bits per heavy atom. The third-order valence-corrected chi connectivity index (χ3v) is 3.08. The smallest absolute Gasteiger partial charge is 0.316 e. The normalized spacial score (nSPS) is 17.6. The number of hydrogen-bond acceptors (Lipinski definition) is 6. The molecule has 1 aromatic carbocycles. The van der Waals surface area contributed by atoms with Crippen LogP contribution in [0.25, 0.3) is 0 Å². The Morgan fingerprint density at radius 2 is 2.00 bits per heavy atom. The molecule has 0 aliphatic heterocycles. The van der Waals surface area contributed by atoms with E-state index in [1.165, 1.54) is 25.1 Å².